The molecule has 27 heavy (non-hydrogen) atoms. The highest BCUT2D eigenvalue weighted by Gasteiger charge is 2.52. The highest BCUT2D eigenvalue weighted by Crippen LogP contribution is 2.61. The first-order valence-electron chi connectivity index (χ1n) is 11.0. The van der Waals surface area contributed by atoms with Gasteiger partial charge in [-0.2, -0.15) is 0 Å². The van der Waals surface area contributed by atoms with Gasteiger partial charge < -0.3 is 9.53 Å². The van der Waals surface area contributed by atoms with Gasteiger partial charge in [-0.3, -0.25) is 0 Å². The van der Waals surface area contributed by atoms with Crippen molar-refractivity contribution in [1.29, 1.82) is 0 Å². The van der Waals surface area contributed by atoms with E-state index in [0.717, 1.165) is 24.5 Å². The van der Waals surface area contributed by atoms with Crippen LogP contribution in [0.1, 0.15) is 76.8 Å². The molecule has 0 unspecified atom stereocenters. The van der Waals surface area contributed by atoms with Crippen LogP contribution in [0.2, 0.25) is 18.1 Å². The van der Waals surface area contributed by atoms with Crippen LogP contribution in [0.3, 0.4) is 0 Å². The maximum atomic E-state index is 10.3. The molecular formula is C24H38O2Si. The summed E-state index contributed by atoms with van der Waals surface area (Å²) >= 11 is 0. The second kappa shape index (κ2) is 6.35. The molecule has 3 aliphatic carbocycles. The van der Waals surface area contributed by atoms with Crippen molar-refractivity contribution >= 4 is 8.32 Å². The van der Waals surface area contributed by atoms with Gasteiger partial charge in [-0.05, 0) is 103 Å². The lowest BCUT2D eigenvalue weighted by molar-refractivity contribution is 0.0596. The molecule has 2 fully saturated rings. The zero-order chi connectivity index (χ0) is 19.6. The summed E-state index contributed by atoms with van der Waals surface area (Å²) in [5, 5.41) is 10.5. The van der Waals surface area contributed by atoms with Crippen molar-refractivity contribution in [2.24, 2.45) is 17.3 Å². The summed E-state index contributed by atoms with van der Waals surface area (Å²) in [6.45, 7) is 14.0. The van der Waals surface area contributed by atoms with Crippen LogP contribution in [-0.2, 0) is 6.42 Å². The van der Waals surface area contributed by atoms with Crippen LogP contribution in [0, 0.1) is 17.3 Å². The fraction of sp³-hybridized carbons (Fsp3) is 0.750. The van der Waals surface area contributed by atoms with E-state index >= 15 is 0 Å². The number of rotatable bonds is 2. The summed E-state index contributed by atoms with van der Waals surface area (Å²) in [5.74, 6) is 3.25. The molecule has 0 saturated heterocycles. The minimum Gasteiger partial charge on any atom is -0.543 e. The number of aryl methyl sites for hydroxylation is 1. The highest BCUT2D eigenvalue weighted by molar-refractivity contribution is 6.74. The predicted molar refractivity (Wildman–Crippen MR) is 115 cm³/mol. The summed E-state index contributed by atoms with van der Waals surface area (Å²) < 4.78 is 6.57. The van der Waals surface area contributed by atoms with E-state index in [1.165, 1.54) is 31.2 Å². The van der Waals surface area contributed by atoms with Crippen molar-refractivity contribution < 1.29 is 9.53 Å². The maximum absolute atomic E-state index is 10.3. The Balaban J connectivity index is 1.58. The lowest BCUT2D eigenvalue weighted by Crippen LogP contribution is -2.44. The molecule has 5 atom stereocenters. The van der Waals surface area contributed by atoms with Gasteiger partial charge in [0.2, 0.25) is 8.32 Å². The average Bonchev–Trinajstić information content (AvgIpc) is 2.87. The van der Waals surface area contributed by atoms with Crippen molar-refractivity contribution in [3.8, 4) is 5.75 Å². The Morgan fingerprint density at radius 2 is 1.93 bits per heavy atom. The molecular weight excluding hydrogens is 348 g/mol. The third kappa shape index (κ3) is 3.29. The second-order valence-electron chi connectivity index (χ2n) is 11.4. The van der Waals surface area contributed by atoms with Gasteiger partial charge in [0.1, 0.15) is 5.75 Å². The van der Waals surface area contributed by atoms with Crippen LogP contribution in [0.5, 0.6) is 5.75 Å². The van der Waals surface area contributed by atoms with Gasteiger partial charge in [-0.25, -0.2) is 0 Å². The van der Waals surface area contributed by atoms with E-state index in [0.29, 0.717) is 17.3 Å². The normalized spacial score (nSPS) is 36.0. The SMILES string of the molecule is CC(C)(C)[Si](C)(C)Oc1ccc2c(c1)CC[C@@H]1[C@@H]2CC[C@]2(C)C[C@H](O)C[C@@H]12. The first kappa shape index (κ1) is 19.5. The molecule has 2 saturated carbocycles. The Kier molecular flexibility index (Phi) is 4.59. The van der Waals surface area contributed by atoms with E-state index < -0.39 is 8.32 Å². The van der Waals surface area contributed by atoms with Crippen molar-refractivity contribution in [2.75, 3.05) is 0 Å². The molecule has 0 bridgehead atoms. The number of aliphatic hydroxyl groups excluding tert-OH is 1. The summed E-state index contributed by atoms with van der Waals surface area (Å²) in [4.78, 5) is 0. The van der Waals surface area contributed by atoms with E-state index in [2.05, 4.69) is 59.0 Å². The Labute approximate surface area is 166 Å². The van der Waals surface area contributed by atoms with Gasteiger partial charge in [0.25, 0.3) is 0 Å². The Morgan fingerprint density at radius 1 is 1.19 bits per heavy atom. The number of aliphatic hydroxyl groups is 1. The molecule has 0 aliphatic heterocycles. The molecule has 0 heterocycles. The fourth-order valence-electron chi connectivity index (χ4n) is 6.09. The van der Waals surface area contributed by atoms with E-state index in [1.807, 2.05) is 0 Å². The monoisotopic (exact) mass is 386 g/mol. The van der Waals surface area contributed by atoms with Crippen LogP contribution in [-0.4, -0.2) is 19.5 Å². The maximum Gasteiger partial charge on any atom is 0.250 e. The topological polar surface area (TPSA) is 29.5 Å². The number of hydrogen-bond donors (Lipinski definition) is 1. The molecule has 3 aliphatic rings. The molecule has 1 aromatic carbocycles. The Bertz CT molecular complexity index is 720. The van der Waals surface area contributed by atoms with E-state index in [-0.39, 0.29) is 11.1 Å². The Hall–Kier alpha value is -0.803. The number of hydrogen-bond acceptors (Lipinski definition) is 2. The van der Waals surface area contributed by atoms with Crippen LogP contribution in [0.4, 0.5) is 0 Å². The van der Waals surface area contributed by atoms with Crippen LogP contribution >= 0.6 is 0 Å². The zero-order valence-corrected chi connectivity index (χ0v) is 19.1. The summed E-state index contributed by atoms with van der Waals surface area (Å²) in [7, 11) is -1.79. The third-order valence-corrected chi connectivity index (χ3v) is 13.0. The lowest BCUT2D eigenvalue weighted by atomic mass is 9.56. The molecule has 4 rings (SSSR count). The minimum atomic E-state index is -1.79. The van der Waals surface area contributed by atoms with Crippen molar-refractivity contribution in [2.45, 2.75) is 96.4 Å². The van der Waals surface area contributed by atoms with Crippen LogP contribution in [0.15, 0.2) is 18.2 Å². The highest BCUT2D eigenvalue weighted by atomic mass is 28.4. The largest absolute Gasteiger partial charge is 0.543 e. The van der Waals surface area contributed by atoms with E-state index in [4.69, 9.17) is 4.43 Å². The van der Waals surface area contributed by atoms with Crippen LogP contribution in [0.25, 0.3) is 0 Å². The third-order valence-electron chi connectivity index (χ3n) is 8.62. The van der Waals surface area contributed by atoms with Crippen LogP contribution < -0.4 is 4.43 Å². The van der Waals surface area contributed by atoms with Crippen molar-refractivity contribution in [1.82, 2.24) is 0 Å². The molecule has 0 aromatic heterocycles. The summed E-state index contributed by atoms with van der Waals surface area (Å²) in [5.41, 5.74) is 3.48. The summed E-state index contributed by atoms with van der Waals surface area (Å²) in [6.07, 6.45) is 7.01. The van der Waals surface area contributed by atoms with Gasteiger partial charge in [0.15, 0.2) is 0 Å². The first-order valence-corrected chi connectivity index (χ1v) is 13.9. The van der Waals surface area contributed by atoms with Crippen molar-refractivity contribution in [3.63, 3.8) is 0 Å². The number of fused-ring (bicyclic) bond motifs is 5. The molecule has 0 spiro atoms. The molecule has 0 radical (unpaired) electrons. The fourth-order valence-corrected chi connectivity index (χ4v) is 7.11. The van der Waals surface area contributed by atoms with Gasteiger partial charge in [-0.1, -0.05) is 33.8 Å². The molecule has 1 N–H and O–H groups in total. The standard InChI is InChI=1S/C24H38O2Si/c1-23(2,3)27(5,6)26-18-8-10-19-16(13-18)7-9-21-20(19)11-12-24(4)15-17(25)14-22(21)24/h8,10,13,17,20-22,25H,7,9,11-12,14-15H2,1-6H3/t17-,20-,21-,22+,24-/m1/s1. The minimum absolute atomic E-state index is 0.0690. The smallest absolute Gasteiger partial charge is 0.250 e. The molecule has 3 heteroatoms. The molecule has 150 valence electrons. The van der Waals surface area contributed by atoms with E-state index in [1.54, 1.807) is 5.56 Å². The Morgan fingerprint density at radius 3 is 2.63 bits per heavy atom. The molecule has 0 amide bonds. The van der Waals surface area contributed by atoms with Gasteiger partial charge in [0.05, 0.1) is 6.10 Å². The second-order valence-corrected chi connectivity index (χ2v) is 16.1. The van der Waals surface area contributed by atoms with Crippen molar-refractivity contribution in [3.05, 3.63) is 29.3 Å². The predicted octanol–water partition coefficient (Wildman–Crippen LogP) is 6.29. The average molecular weight is 387 g/mol. The zero-order valence-electron chi connectivity index (χ0n) is 18.1. The first-order chi connectivity index (χ1) is 12.5. The molecule has 2 nitrogen and oxygen atoms in total. The van der Waals surface area contributed by atoms with Gasteiger partial charge in [-0.15, -0.1) is 0 Å². The lowest BCUT2D eigenvalue weighted by Gasteiger charge is -2.49. The number of benzene rings is 1. The van der Waals surface area contributed by atoms with Gasteiger partial charge >= 0.3 is 0 Å². The van der Waals surface area contributed by atoms with Gasteiger partial charge in [0, 0.05) is 0 Å². The molecule has 1 aromatic rings. The quantitative estimate of drug-likeness (QED) is 0.605. The van der Waals surface area contributed by atoms with E-state index in [9.17, 15) is 5.11 Å². The summed E-state index contributed by atoms with van der Waals surface area (Å²) in [6, 6.07) is 6.96.